The third kappa shape index (κ3) is 1.94. The van der Waals surface area contributed by atoms with Crippen LogP contribution < -0.4 is 5.32 Å². The van der Waals surface area contributed by atoms with Gasteiger partial charge in [0.05, 0.1) is 5.69 Å². The number of halogens is 1. The molecule has 0 radical (unpaired) electrons. The van der Waals surface area contributed by atoms with E-state index in [1.165, 1.54) is 6.42 Å². The maximum atomic E-state index is 13.6. The van der Waals surface area contributed by atoms with Crippen LogP contribution in [0.2, 0.25) is 0 Å². The second-order valence-corrected chi connectivity index (χ2v) is 3.99. The highest BCUT2D eigenvalue weighted by molar-refractivity contribution is 5.38. The van der Waals surface area contributed by atoms with Gasteiger partial charge in [-0.1, -0.05) is 6.42 Å². The lowest BCUT2D eigenvalue weighted by molar-refractivity contribution is 0.399. The first kappa shape index (κ1) is 10.3. The van der Waals surface area contributed by atoms with E-state index in [1.807, 2.05) is 6.92 Å². The summed E-state index contributed by atoms with van der Waals surface area (Å²) in [5.74, 6) is 1.28. The molecule has 15 heavy (non-hydrogen) atoms. The molecular formula is C11H16FN3. The number of aryl methyl sites for hydroxylation is 1. The fourth-order valence-electron chi connectivity index (χ4n) is 1.71. The predicted molar refractivity (Wildman–Crippen MR) is 57.5 cm³/mol. The monoisotopic (exact) mass is 209 g/mol. The van der Waals surface area contributed by atoms with E-state index in [0.717, 1.165) is 18.7 Å². The maximum Gasteiger partial charge on any atom is 0.186 e. The van der Waals surface area contributed by atoms with Gasteiger partial charge in [-0.3, -0.25) is 0 Å². The van der Waals surface area contributed by atoms with Gasteiger partial charge in [-0.25, -0.2) is 14.4 Å². The molecule has 1 saturated carbocycles. The normalized spacial score (nSPS) is 16.2. The Morgan fingerprint density at radius 1 is 1.40 bits per heavy atom. The second-order valence-electron chi connectivity index (χ2n) is 3.99. The number of nitrogens with zero attached hydrogens (tertiary/aromatic N) is 2. The molecule has 0 aromatic carbocycles. The van der Waals surface area contributed by atoms with Gasteiger partial charge in [0.25, 0.3) is 0 Å². The Morgan fingerprint density at radius 2 is 2.13 bits per heavy atom. The predicted octanol–water partition coefficient (Wildman–Crippen LogP) is 2.62. The first-order valence-electron chi connectivity index (χ1n) is 5.50. The minimum absolute atomic E-state index is 0.320. The van der Waals surface area contributed by atoms with Gasteiger partial charge in [-0.15, -0.1) is 0 Å². The zero-order valence-corrected chi connectivity index (χ0v) is 9.18. The van der Waals surface area contributed by atoms with Gasteiger partial charge in [0, 0.05) is 12.5 Å². The van der Waals surface area contributed by atoms with Crippen molar-refractivity contribution in [3.05, 3.63) is 17.3 Å². The second kappa shape index (κ2) is 4.13. The van der Waals surface area contributed by atoms with Crippen molar-refractivity contribution in [3.63, 3.8) is 0 Å². The molecule has 0 unspecified atom stereocenters. The van der Waals surface area contributed by atoms with Crippen LogP contribution in [0.1, 0.15) is 43.6 Å². The molecule has 1 aliphatic rings. The SMILES string of the molecule is CCNc1nc(C2CCC2)nc(C)c1F. The molecule has 0 spiro atoms. The van der Waals surface area contributed by atoms with Crippen molar-refractivity contribution in [3.8, 4) is 0 Å². The number of anilines is 1. The molecule has 0 amide bonds. The Kier molecular flexibility index (Phi) is 2.84. The van der Waals surface area contributed by atoms with Crippen molar-refractivity contribution in [2.24, 2.45) is 0 Å². The van der Waals surface area contributed by atoms with Crippen molar-refractivity contribution >= 4 is 5.82 Å². The van der Waals surface area contributed by atoms with Gasteiger partial charge in [-0.05, 0) is 26.7 Å². The lowest BCUT2D eigenvalue weighted by Gasteiger charge is -2.24. The zero-order chi connectivity index (χ0) is 10.8. The molecule has 1 aromatic rings. The number of hydrogen-bond donors (Lipinski definition) is 1. The Balaban J connectivity index is 2.31. The van der Waals surface area contributed by atoms with Crippen molar-refractivity contribution in [2.45, 2.75) is 39.0 Å². The van der Waals surface area contributed by atoms with E-state index in [9.17, 15) is 4.39 Å². The summed E-state index contributed by atoms with van der Waals surface area (Å²) in [7, 11) is 0. The van der Waals surface area contributed by atoms with E-state index in [0.29, 0.717) is 24.0 Å². The van der Waals surface area contributed by atoms with Crippen LogP contribution >= 0.6 is 0 Å². The van der Waals surface area contributed by atoms with Gasteiger partial charge in [0.15, 0.2) is 11.6 Å². The van der Waals surface area contributed by atoms with Crippen LogP contribution in [0.5, 0.6) is 0 Å². The molecule has 3 nitrogen and oxygen atoms in total. The van der Waals surface area contributed by atoms with Crippen molar-refractivity contribution in [2.75, 3.05) is 11.9 Å². The van der Waals surface area contributed by atoms with E-state index in [1.54, 1.807) is 6.92 Å². The van der Waals surface area contributed by atoms with Crippen molar-refractivity contribution in [1.29, 1.82) is 0 Å². The smallest absolute Gasteiger partial charge is 0.186 e. The fraction of sp³-hybridized carbons (Fsp3) is 0.636. The summed E-state index contributed by atoms with van der Waals surface area (Å²) < 4.78 is 13.6. The van der Waals surface area contributed by atoms with Crippen LogP contribution in [0.4, 0.5) is 10.2 Å². The van der Waals surface area contributed by atoms with Gasteiger partial charge in [0.1, 0.15) is 5.82 Å². The molecule has 2 rings (SSSR count). The summed E-state index contributed by atoms with van der Waals surface area (Å²) in [4.78, 5) is 8.46. The minimum Gasteiger partial charge on any atom is -0.368 e. The lowest BCUT2D eigenvalue weighted by Crippen LogP contribution is -2.16. The molecule has 82 valence electrons. The third-order valence-electron chi connectivity index (χ3n) is 2.85. The summed E-state index contributed by atoms with van der Waals surface area (Å²) in [5, 5.41) is 2.93. The fourth-order valence-corrected chi connectivity index (χ4v) is 1.71. The van der Waals surface area contributed by atoms with Gasteiger partial charge in [0.2, 0.25) is 0 Å². The third-order valence-corrected chi connectivity index (χ3v) is 2.85. The molecule has 1 fully saturated rings. The average Bonchev–Trinajstić information content (AvgIpc) is 2.11. The number of nitrogens with one attached hydrogen (secondary N) is 1. The van der Waals surface area contributed by atoms with Gasteiger partial charge >= 0.3 is 0 Å². The Labute approximate surface area is 89.1 Å². The molecule has 0 bridgehead atoms. The molecule has 0 aliphatic heterocycles. The highest BCUT2D eigenvalue weighted by Gasteiger charge is 2.24. The van der Waals surface area contributed by atoms with E-state index in [4.69, 9.17) is 0 Å². The molecule has 1 aliphatic carbocycles. The molecule has 0 saturated heterocycles. The van der Waals surface area contributed by atoms with Crippen molar-refractivity contribution in [1.82, 2.24) is 9.97 Å². The minimum atomic E-state index is -0.320. The zero-order valence-electron chi connectivity index (χ0n) is 9.18. The quantitative estimate of drug-likeness (QED) is 0.831. The molecule has 1 aromatic heterocycles. The number of hydrogen-bond acceptors (Lipinski definition) is 3. The summed E-state index contributed by atoms with van der Waals surface area (Å²) in [5.41, 5.74) is 0.447. The maximum absolute atomic E-state index is 13.6. The summed E-state index contributed by atoms with van der Waals surface area (Å²) in [6.07, 6.45) is 3.51. The standard InChI is InChI=1S/C11H16FN3/c1-3-13-11-9(12)7(2)14-10(15-11)8-5-4-6-8/h8H,3-6H2,1-2H3,(H,13,14,15). The molecule has 4 heteroatoms. The summed E-state index contributed by atoms with van der Waals surface area (Å²) in [6, 6.07) is 0. The molecule has 1 heterocycles. The first-order valence-corrected chi connectivity index (χ1v) is 5.50. The first-order chi connectivity index (χ1) is 7.22. The topological polar surface area (TPSA) is 37.8 Å². The van der Waals surface area contributed by atoms with Crippen molar-refractivity contribution < 1.29 is 4.39 Å². The van der Waals surface area contributed by atoms with Crippen LogP contribution in [0.25, 0.3) is 0 Å². The Hall–Kier alpha value is -1.19. The largest absolute Gasteiger partial charge is 0.368 e. The van der Waals surface area contributed by atoms with E-state index < -0.39 is 0 Å². The summed E-state index contributed by atoms with van der Waals surface area (Å²) in [6.45, 7) is 4.30. The van der Waals surface area contributed by atoms with E-state index in [2.05, 4.69) is 15.3 Å². The van der Waals surface area contributed by atoms with E-state index >= 15 is 0 Å². The highest BCUT2D eigenvalue weighted by atomic mass is 19.1. The lowest BCUT2D eigenvalue weighted by atomic mass is 9.85. The Morgan fingerprint density at radius 3 is 2.67 bits per heavy atom. The molecule has 1 N–H and O–H groups in total. The van der Waals surface area contributed by atoms with Gasteiger partial charge < -0.3 is 5.32 Å². The Bertz CT molecular complexity index is 361. The number of aromatic nitrogens is 2. The van der Waals surface area contributed by atoms with Crippen LogP contribution in [-0.2, 0) is 0 Å². The van der Waals surface area contributed by atoms with Crippen LogP contribution in [0.3, 0.4) is 0 Å². The van der Waals surface area contributed by atoms with Crippen LogP contribution in [0, 0.1) is 12.7 Å². The van der Waals surface area contributed by atoms with Crippen LogP contribution in [-0.4, -0.2) is 16.5 Å². The highest BCUT2D eigenvalue weighted by Crippen LogP contribution is 2.35. The number of rotatable bonds is 3. The molecule has 0 atom stereocenters. The molecular weight excluding hydrogens is 193 g/mol. The van der Waals surface area contributed by atoms with Gasteiger partial charge in [-0.2, -0.15) is 0 Å². The van der Waals surface area contributed by atoms with E-state index in [-0.39, 0.29) is 5.82 Å². The summed E-state index contributed by atoms with van der Waals surface area (Å²) >= 11 is 0. The average molecular weight is 209 g/mol. The van der Waals surface area contributed by atoms with Crippen LogP contribution in [0.15, 0.2) is 0 Å².